The maximum atomic E-state index is 12.4. The summed E-state index contributed by atoms with van der Waals surface area (Å²) in [5.74, 6) is 1.91. The average molecular weight is 387 g/mol. The zero-order chi connectivity index (χ0) is 18.5. The molecule has 12 heteroatoms. The van der Waals surface area contributed by atoms with Crippen molar-refractivity contribution in [1.82, 2.24) is 25.5 Å². The van der Waals surface area contributed by atoms with E-state index >= 15 is 0 Å². The van der Waals surface area contributed by atoms with Gasteiger partial charge in [0.2, 0.25) is 11.8 Å². The molecule has 0 saturated carbocycles. The number of hydrogen-bond acceptors (Lipinski definition) is 8. The molecule has 2 N–H and O–H groups in total. The summed E-state index contributed by atoms with van der Waals surface area (Å²) in [6.07, 6.45) is 1.73. The lowest BCUT2D eigenvalue weighted by atomic mass is 9.87. The van der Waals surface area contributed by atoms with Crippen molar-refractivity contribution < 1.29 is 26.5 Å². The number of nitrogens with one attached hydrogen (secondary N) is 1. The molecule has 3 saturated heterocycles. The molecule has 1 aromatic rings. The summed E-state index contributed by atoms with van der Waals surface area (Å²) in [5, 5.41) is 12.1. The van der Waals surface area contributed by atoms with Crippen LogP contribution in [0.3, 0.4) is 0 Å². The lowest BCUT2D eigenvalue weighted by molar-refractivity contribution is -0.0317. The van der Waals surface area contributed by atoms with Gasteiger partial charge in [0.25, 0.3) is 0 Å². The van der Waals surface area contributed by atoms with Crippen molar-refractivity contribution in [2.24, 2.45) is 11.8 Å². The number of rotatable bonds is 6. The first-order chi connectivity index (χ1) is 12.3. The molecule has 3 unspecified atom stereocenters. The van der Waals surface area contributed by atoms with Crippen molar-refractivity contribution in [3.05, 3.63) is 11.8 Å². The lowest BCUT2D eigenvalue weighted by Gasteiger charge is -2.31. The van der Waals surface area contributed by atoms with Gasteiger partial charge in [-0.25, -0.2) is 4.79 Å². The molecule has 3 atom stereocenters. The molecule has 2 bridgehead atoms. The molecule has 144 valence electrons. The van der Waals surface area contributed by atoms with Crippen LogP contribution < -0.4 is 5.32 Å². The highest BCUT2D eigenvalue weighted by atomic mass is 32.3. The highest BCUT2D eigenvalue weighted by Crippen LogP contribution is 2.38. The Bertz CT molecular complexity index is 794. The quantitative estimate of drug-likeness (QED) is 0.653. The van der Waals surface area contributed by atoms with Crippen molar-refractivity contribution in [2.45, 2.75) is 38.3 Å². The highest BCUT2D eigenvalue weighted by Gasteiger charge is 2.49. The van der Waals surface area contributed by atoms with Crippen molar-refractivity contribution in [2.75, 3.05) is 19.6 Å². The van der Waals surface area contributed by atoms with Gasteiger partial charge in [-0.15, -0.1) is 14.5 Å². The van der Waals surface area contributed by atoms with Crippen LogP contribution >= 0.6 is 0 Å². The molecule has 3 fully saturated rings. The summed E-state index contributed by atoms with van der Waals surface area (Å²) in [5.41, 5.74) is 0. The van der Waals surface area contributed by atoms with Crippen LogP contribution in [0.5, 0.6) is 0 Å². The first-order valence-electron chi connectivity index (χ1n) is 8.61. The number of carbonyl (C=O) groups excluding carboxylic acids is 1. The van der Waals surface area contributed by atoms with Gasteiger partial charge in [-0.1, -0.05) is 6.92 Å². The Labute approximate surface area is 150 Å². The Morgan fingerprint density at radius 2 is 2.15 bits per heavy atom. The Morgan fingerprint density at radius 1 is 1.38 bits per heavy atom. The largest absolute Gasteiger partial charge is 0.423 e. The fourth-order valence-corrected chi connectivity index (χ4v) is 4.12. The van der Waals surface area contributed by atoms with Gasteiger partial charge < -0.3 is 14.6 Å². The van der Waals surface area contributed by atoms with Gasteiger partial charge in [0.05, 0.1) is 6.04 Å². The van der Waals surface area contributed by atoms with Crippen LogP contribution in [0.25, 0.3) is 0 Å². The van der Waals surface area contributed by atoms with Crippen LogP contribution in [-0.2, 0) is 21.1 Å². The van der Waals surface area contributed by atoms with E-state index in [1.54, 1.807) is 0 Å². The number of fused-ring (bicyclic) bond motifs is 2. The van der Waals surface area contributed by atoms with Crippen LogP contribution in [0.2, 0.25) is 0 Å². The summed E-state index contributed by atoms with van der Waals surface area (Å²) in [6, 6.07) is -1.49. The molecule has 11 nitrogen and oxygen atoms in total. The smallest absolute Gasteiger partial charge is 0.418 e. The zero-order valence-corrected chi connectivity index (χ0v) is 15.1. The van der Waals surface area contributed by atoms with E-state index in [1.165, 1.54) is 4.90 Å². The molecule has 26 heavy (non-hydrogen) atoms. The summed E-state index contributed by atoms with van der Waals surface area (Å²) in [4.78, 5) is 13.9. The topological polar surface area (TPSA) is 138 Å². The van der Waals surface area contributed by atoms with E-state index in [0.717, 1.165) is 13.1 Å². The number of piperidine rings is 1. The molecule has 2 amide bonds. The molecule has 0 spiro atoms. The number of nitrogens with zero attached hydrogens (tertiary/aromatic N) is 4. The van der Waals surface area contributed by atoms with E-state index in [9.17, 15) is 13.2 Å². The molecular weight excluding hydrogens is 366 g/mol. The minimum Gasteiger partial charge on any atom is -0.423 e. The monoisotopic (exact) mass is 387 g/mol. The summed E-state index contributed by atoms with van der Waals surface area (Å²) in [7, 11) is -4.75. The van der Waals surface area contributed by atoms with E-state index in [-0.39, 0.29) is 6.54 Å². The second-order valence-electron chi connectivity index (χ2n) is 7.14. The molecule has 0 aromatic carbocycles. The fraction of sp³-hybridized carbons (Fsp3) is 0.786. The summed E-state index contributed by atoms with van der Waals surface area (Å²) < 4.78 is 40.9. The predicted octanol–water partition coefficient (Wildman–Crippen LogP) is 0.143. The van der Waals surface area contributed by atoms with E-state index in [4.69, 9.17) is 8.97 Å². The van der Waals surface area contributed by atoms with Gasteiger partial charge in [-0.3, -0.25) is 4.55 Å². The Morgan fingerprint density at radius 3 is 2.81 bits per heavy atom. The number of amides is 2. The number of hydroxylamine groups is 2. The Kier molecular flexibility index (Phi) is 4.37. The van der Waals surface area contributed by atoms with Crippen LogP contribution in [0.15, 0.2) is 4.42 Å². The Hall–Kier alpha value is -1.76. The van der Waals surface area contributed by atoms with Crippen LogP contribution in [0.4, 0.5) is 4.79 Å². The van der Waals surface area contributed by atoms with Gasteiger partial charge in [0.15, 0.2) is 0 Å². The van der Waals surface area contributed by atoms with Gasteiger partial charge >= 0.3 is 16.4 Å². The first-order valence-corrected chi connectivity index (χ1v) is 9.98. The normalized spacial score (nSPS) is 27.7. The van der Waals surface area contributed by atoms with Crippen LogP contribution in [-0.4, -0.2) is 64.8 Å². The number of carbonyl (C=O) groups is 1. The number of aromatic nitrogens is 2. The predicted molar refractivity (Wildman–Crippen MR) is 85.9 cm³/mol. The second-order valence-corrected chi connectivity index (χ2v) is 8.15. The second kappa shape index (κ2) is 6.44. The standard InChI is InChI=1S/C14H21N5O6S/c1-8(9-5-15-6-9)4-12-16-17-13(24-12)11-3-2-10-7-18(11)14(20)19(10)25-26(21,22)23/h8-11,15H,2-7H2,1H3,(H,21,22,23). The van der Waals surface area contributed by atoms with E-state index in [1.807, 2.05) is 0 Å². The third-order valence-corrected chi connectivity index (χ3v) is 5.73. The number of hydrogen-bond donors (Lipinski definition) is 2. The van der Waals surface area contributed by atoms with Crippen LogP contribution in [0.1, 0.15) is 37.6 Å². The molecule has 3 aliphatic heterocycles. The molecule has 1 aromatic heterocycles. The van der Waals surface area contributed by atoms with Crippen molar-refractivity contribution in [3.8, 4) is 0 Å². The van der Waals surface area contributed by atoms with Gasteiger partial charge in [0, 0.05) is 13.0 Å². The fourth-order valence-electron chi connectivity index (χ4n) is 3.73. The molecular formula is C14H21N5O6S. The molecule has 0 radical (unpaired) electrons. The maximum Gasteiger partial charge on any atom is 0.418 e. The van der Waals surface area contributed by atoms with Crippen molar-refractivity contribution in [1.29, 1.82) is 0 Å². The third-order valence-electron chi connectivity index (χ3n) is 5.38. The van der Waals surface area contributed by atoms with Crippen molar-refractivity contribution >= 4 is 16.4 Å². The minimum absolute atomic E-state index is 0.279. The number of urea groups is 1. The van der Waals surface area contributed by atoms with Gasteiger partial charge in [-0.2, -0.15) is 13.5 Å². The molecule has 3 aliphatic rings. The van der Waals surface area contributed by atoms with E-state index in [2.05, 4.69) is 26.7 Å². The first kappa shape index (κ1) is 17.6. The van der Waals surface area contributed by atoms with E-state index in [0.29, 0.717) is 47.9 Å². The molecule has 4 heterocycles. The Balaban J connectivity index is 1.45. The summed E-state index contributed by atoms with van der Waals surface area (Å²) >= 11 is 0. The highest BCUT2D eigenvalue weighted by molar-refractivity contribution is 7.80. The van der Waals surface area contributed by atoms with Crippen molar-refractivity contribution in [3.63, 3.8) is 0 Å². The van der Waals surface area contributed by atoms with E-state index < -0.39 is 28.5 Å². The molecule has 0 aliphatic carbocycles. The van der Waals surface area contributed by atoms with Gasteiger partial charge in [-0.05, 0) is 37.8 Å². The molecule has 4 rings (SSSR count). The third kappa shape index (κ3) is 3.29. The zero-order valence-electron chi connectivity index (χ0n) is 14.2. The van der Waals surface area contributed by atoms with Crippen LogP contribution in [0, 0.1) is 11.8 Å². The maximum absolute atomic E-state index is 12.4. The van der Waals surface area contributed by atoms with Gasteiger partial charge in [0.1, 0.15) is 6.04 Å². The summed E-state index contributed by atoms with van der Waals surface area (Å²) in [6.45, 7) is 4.42. The lowest BCUT2D eigenvalue weighted by Crippen LogP contribution is -2.45. The minimum atomic E-state index is -4.75. The average Bonchev–Trinajstić information content (AvgIpc) is 3.04. The SMILES string of the molecule is CC(Cc1nnc(C2CCC3CN2C(=O)N3OS(=O)(=O)O)o1)C1CNC1.